The Morgan fingerprint density at radius 3 is 0.943 bits per heavy atom. The standard InChI is InChI=1S/C64H106O6/c1-4-7-10-13-16-19-22-25-28-31-32-34-36-39-42-45-48-51-54-57-63(66)69-60-61(59-68-62(65)56-53-50-47-44-41-38-35-30-27-24-21-18-15-12-9-6-3)70-64(67)58-55-52-49-46-43-40-37-33-29-26-23-20-17-14-11-8-5-2/h7,10,16-17,19-20,25-26,28-29,32,34,37,39-40,42,46,49,61H,4-6,8-9,11-15,18,21-24,27,30-31,33,35-36,38,41,43-45,47-48,50-60H2,1-3H3/b10-7-,19-16-,20-17-,28-25-,29-26-,34-32-,40-37-,42-39-,49-46-. The Labute approximate surface area is 431 Å². The lowest BCUT2D eigenvalue weighted by Gasteiger charge is -2.18. The Morgan fingerprint density at radius 1 is 0.300 bits per heavy atom. The highest BCUT2D eigenvalue weighted by Gasteiger charge is 2.19. The number of hydrogen-bond donors (Lipinski definition) is 0. The van der Waals surface area contributed by atoms with Crippen LogP contribution in [0.25, 0.3) is 0 Å². The molecule has 0 rings (SSSR count). The maximum absolute atomic E-state index is 12.8. The molecule has 0 radical (unpaired) electrons. The van der Waals surface area contributed by atoms with Crippen molar-refractivity contribution in [1.82, 2.24) is 0 Å². The van der Waals surface area contributed by atoms with E-state index in [1.54, 1.807) is 0 Å². The van der Waals surface area contributed by atoms with Gasteiger partial charge in [0.1, 0.15) is 13.2 Å². The van der Waals surface area contributed by atoms with Crippen molar-refractivity contribution in [3.8, 4) is 0 Å². The number of unbranched alkanes of at least 4 members (excludes halogenated alkanes) is 22. The first-order valence-corrected chi connectivity index (χ1v) is 28.9. The van der Waals surface area contributed by atoms with Gasteiger partial charge in [-0.2, -0.15) is 0 Å². The number of carbonyl (C=O) groups excluding carboxylic acids is 3. The number of ether oxygens (including phenoxy) is 3. The molecular formula is C64H106O6. The molecule has 0 aliphatic carbocycles. The van der Waals surface area contributed by atoms with E-state index in [-0.39, 0.29) is 37.5 Å². The van der Waals surface area contributed by atoms with Crippen LogP contribution >= 0.6 is 0 Å². The second kappa shape index (κ2) is 57.6. The molecule has 0 heterocycles. The predicted octanol–water partition coefficient (Wildman–Crippen LogP) is 19.5. The van der Waals surface area contributed by atoms with E-state index >= 15 is 0 Å². The van der Waals surface area contributed by atoms with Gasteiger partial charge in [0.25, 0.3) is 0 Å². The molecule has 70 heavy (non-hydrogen) atoms. The Hall–Kier alpha value is -3.93. The highest BCUT2D eigenvalue weighted by Crippen LogP contribution is 2.15. The van der Waals surface area contributed by atoms with Crippen molar-refractivity contribution < 1.29 is 28.6 Å². The van der Waals surface area contributed by atoms with Crippen molar-refractivity contribution in [2.75, 3.05) is 13.2 Å². The normalized spacial score (nSPS) is 12.9. The largest absolute Gasteiger partial charge is 0.462 e. The van der Waals surface area contributed by atoms with Gasteiger partial charge in [0, 0.05) is 19.3 Å². The lowest BCUT2D eigenvalue weighted by atomic mass is 10.0. The zero-order valence-corrected chi connectivity index (χ0v) is 45.5. The first kappa shape index (κ1) is 66.1. The molecule has 0 aliphatic heterocycles. The molecule has 0 aromatic rings. The molecule has 0 aliphatic rings. The minimum absolute atomic E-state index is 0.110. The summed E-state index contributed by atoms with van der Waals surface area (Å²) < 4.78 is 16.8. The lowest BCUT2D eigenvalue weighted by molar-refractivity contribution is -0.167. The topological polar surface area (TPSA) is 78.9 Å². The third kappa shape index (κ3) is 55.0. The molecule has 0 bridgehead atoms. The number of hydrogen-bond acceptors (Lipinski definition) is 6. The van der Waals surface area contributed by atoms with Crippen molar-refractivity contribution in [2.45, 2.75) is 264 Å². The first-order chi connectivity index (χ1) is 34.5. The van der Waals surface area contributed by atoms with Gasteiger partial charge in [-0.15, -0.1) is 0 Å². The van der Waals surface area contributed by atoms with Gasteiger partial charge in [-0.1, -0.05) is 246 Å². The summed E-state index contributed by atoms with van der Waals surface area (Å²) in [4.78, 5) is 38.2. The third-order valence-electron chi connectivity index (χ3n) is 12.0. The molecule has 0 amide bonds. The van der Waals surface area contributed by atoms with E-state index in [1.807, 2.05) is 0 Å². The van der Waals surface area contributed by atoms with Crippen molar-refractivity contribution in [1.29, 1.82) is 0 Å². The maximum Gasteiger partial charge on any atom is 0.306 e. The summed E-state index contributed by atoms with van der Waals surface area (Å²) in [6.45, 7) is 6.43. The quantitative estimate of drug-likeness (QED) is 0.0262. The van der Waals surface area contributed by atoms with E-state index in [2.05, 4.69) is 130 Å². The maximum atomic E-state index is 12.8. The van der Waals surface area contributed by atoms with E-state index in [1.165, 1.54) is 109 Å². The van der Waals surface area contributed by atoms with E-state index in [0.717, 1.165) is 103 Å². The van der Waals surface area contributed by atoms with Crippen molar-refractivity contribution >= 4 is 17.9 Å². The molecule has 398 valence electrons. The predicted molar refractivity (Wildman–Crippen MR) is 302 cm³/mol. The zero-order chi connectivity index (χ0) is 50.7. The van der Waals surface area contributed by atoms with Gasteiger partial charge in [0.2, 0.25) is 0 Å². The van der Waals surface area contributed by atoms with E-state index in [4.69, 9.17) is 14.2 Å². The van der Waals surface area contributed by atoms with Crippen LogP contribution in [-0.4, -0.2) is 37.2 Å². The summed E-state index contributed by atoms with van der Waals surface area (Å²) >= 11 is 0. The Balaban J connectivity index is 4.53. The minimum atomic E-state index is -0.821. The van der Waals surface area contributed by atoms with Crippen LogP contribution in [0.2, 0.25) is 0 Å². The van der Waals surface area contributed by atoms with Gasteiger partial charge in [-0.05, 0) is 103 Å². The Morgan fingerprint density at radius 2 is 0.571 bits per heavy atom. The van der Waals surface area contributed by atoms with Crippen LogP contribution in [0.5, 0.6) is 0 Å². The van der Waals surface area contributed by atoms with Gasteiger partial charge < -0.3 is 14.2 Å². The van der Waals surface area contributed by atoms with Crippen LogP contribution in [0.4, 0.5) is 0 Å². The van der Waals surface area contributed by atoms with Gasteiger partial charge in [0.05, 0.1) is 0 Å². The van der Waals surface area contributed by atoms with Crippen LogP contribution in [0, 0.1) is 0 Å². The SMILES string of the molecule is CC/C=C\C/C=C\C/C=C\C/C=C\C/C=C\CCCCCC(=O)OCC(COC(=O)CCCCCCCCCCCCCCCCCC)OC(=O)CCC/C=C\C/C=C\C/C=C\C/C=C\CCCCC. The van der Waals surface area contributed by atoms with Gasteiger partial charge in [0.15, 0.2) is 6.10 Å². The average Bonchev–Trinajstić information content (AvgIpc) is 3.36. The Bertz CT molecular complexity index is 1440. The fourth-order valence-electron chi connectivity index (χ4n) is 7.70. The monoisotopic (exact) mass is 971 g/mol. The molecule has 0 aromatic carbocycles. The second-order valence-electron chi connectivity index (χ2n) is 18.8. The second-order valence-corrected chi connectivity index (χ2v) is 18.8. The summed E-state index contributed by atoms with van der Waals surface area (Å²) in [5, 5.41) is 0. The number of carbonyl (C=O) groups is 3. The number of rotatable bonds is 51. The van der Waals surface area contributed by atoms with Crippen LogP contribution in [0.1, 0.15) is 258 Å². The summed E-state index contributed by atoms with van der Waals surface area (Å²) in [5.41, 5.74) is 0. The fraction of sp³-hybridized carbons (Fsp3) is 0.672. The lowest BCUT2D eigenvalue weighted by Crippen LogP contribution is -2.30. The molecule has 0 aromatic heterocycles. The molecule has 6 heteroatoms. The molecule has 0 saturated carbocycles. The molecule has 0 spiro atoms. The molecule has 0 fully saturated rings. The van der Waals surface area contributed by atoms with Gasteiger partial charge in [-0.3, -0.25) is 14.4 Å². The Kier molecular flexibility index (Phi) is 54.4. The third-order valence-corrected chi connectivity index (χ3v) is 12.0. The molecule has 6 nitrogen and oxygen atoms in total. The van der Waals surface area contributed by atoms with E-state index < -0.39 is 6.10 Å². The van der Waals surface area contributed by atoms with Gasteiger partial charge in [-0.25, -0.2) is 0 Å². The van der Waals surface area contributed by atoms with Crippen LogP contribution in [0.15, 0.2) is 109 Å². The molecule has 0 saturated heterocycles. The van der Waals surface area contributed by atoms with E-state index in [0.29, 0.717) is 19.3 Å². The fourth-order valence-corrected chi connectivity index (χ4v) is 7.70. The molecule has 1 unspecified atom stereocenters. The molecule has 0 N–H and O–H groups in total. The average molecular weight is 972 g/mol. The first-order valence-electron chi connectivity index (χ1n) is 28.9. The summed E-state index contributed by atoms with van der Waals surface area (Å²) in [5.74, 6) is -0.998. The van der Waals surface area contributed by atoms with Crippen LogP contribution < -0.4 is 0 Å². The van der Waals surface area contributed by atoms with Crippen molar-refractivity contribution in [3.63, 3.8) is 0 Å². The smallest absolute Gasteiger partial charge is 0.306 e. The van der Waals surface area contributed by atoms with Crippen LogP contribution in [0.3, 0.4) is 0 Å². The van der Waals surface area contributed by atoms with Crippen molar-refractivity contribution in [2.24, 2.45) is 0 Å². The van der Waals surface area contributed by atoms with Crippen molar-refractivity contribution in [3.05, 3.63) is 109 Å². The van der Waals surface area contributed by atoms with Gasteiger partial charge >= 0.3 is 17.9 Å². The summed E-state index contributed by atoms with van der Waals surface area (Å²) in [6.07, 6.45) is 77.9. The summed E-state index contributed by atoms with van der Waals surface area (Å²) in [6, 6.07) is 0. The van der Waals surface area contributed by atoms with E-state index in [9.17, 15) is 14.4 Å². The minimum Gasteiger partial charge on any atom is -0.462 e. The summed E-state index contributed by atoms with van der Waals surface area (Å²) in [7, 11) is 0. The zero-order valence-electron chi connectivity index (χ0n) is 45.5. The number of esters is 3. The molecule has 1 atom stereocenters. The highest BCUT2D eigenvalue weighted by molar-refractivity contribution is 5.71. The van der Waals surface area contributed by atoms with Crippen LogP contribution in [-0.2, 0) is 28.6 Å². The number of allylic oxidation sites excluding steroid dienone is 18. The highest BCUT2D eigenvalue weighted by atomic mass is 16.6. The molecular weight excluding hydrogens is 865 g/mol.